The van der Waals surface area contributed by atoms with E-state index in [0.29, 0.717) is 0 Å². The van der Waals surface area contributed by atoms with Gasteiger partial charge >= 0.3 is 0 Å². The van der Waals surface area contributed by atoms with E-state index < -0.39 is 0 Å². The number of nitrogens with one attached hydrogen (secondary N) is 1. The van der Waals surface area contributed by atoms with E-state index in [2.05, 4.69) is 35.3 Å². The third-order valence-electron chi connectivity index (χ3n) is 2.99. The minimum absolute atomic E-state index is 0.883. The number of H-pyrrole nitrogens is 1. The fraction of sp³-hybridized carbons (Fsp3) is 0.0667. The van der Waals surface area contributed by atoms with Gasteiger partial charge < -0.3 is 9.72 Å². The van der Waals surface area contributed by atoms with Crippen LogP contribution in [0.2, 0.25) is 0 Å². The molecule has 0 saturated heterocycles. The second-order valence-corrected chi connectivity index (χ2v) is 3.98. The highest BCUT2D eigenvalue weighted by molar-refractivity contribution is 5.84. The molecule has 2 nitrogen and oxygen atoms in total. The number of rotatable bonds is 2. The molecule has 0 radical (unpaired) electrons. The Morgan fingerprint density at radius 3 is 2.41 bits per heavy atom. The fourth-order valence-corrected chi connectivity index (χ4v) is 2.09. The van der Waals surface area contributed by atoms with Crippen molar-refractivity contribution < 1.29 is 4.74 Å². The predicted molar refractivity (Wildman–Crippen MR) is 69.4 cm³/mol. The first-order chi connectivity index (χ1) is 8.38. The second-order valence-electron chi connectivity index (χ2n) is 3.98. The van der Waals surface area contributed by atoms with Crippen LogP contribution in [0.25, 0.3) is 22.4 Å². The van der Waals surface area contributed by atoms with Gasteiger partial charge in [0.2, 0.25) is 0 Å². The van der Waals surface area contributed by atoms with E-state index in [1.54, 1.807) is 7.11 Å². The average molecular weight is 223 g/mol. The lowest BCUT2D eigenvalue weighted by atomic mass is 10.1. The van der Waals surface area contributed by atoms with Crippen LogP contribution in [-0.4, -0.2) is 12.1 Å². The highest BCUT2D eigenvalue weighted by Gasteiger charge is 2.10. The Labute approximate surface area is 100 Å². The summed E-state index contributed by atoms with van der Waals surface area (Å²) >= 11 is 0. The summed E-state index contributed by atoms with van der Waals surface area (Å²) in [5, 5.41) is 0. The molecule has 0 amide bonds. The van der Waals surface area contributed by atoms with Gasteiger partial charge in [0.1, 0.15) is 5.75 Å². The number of pyridine rings is 1. The summed E-state index contributed by atoms with van der Waals surface area (Å²) in [6.07, 6.45) is 1.95. The molecule has 0 bridgehead atoms. The normalized spacial score (nSPS) is 10.6. The van der Waals surface area contributed by atoms with Gasteiger partial charge in [-0.3, -0.25) is 0 Å². The SMILES string of the molecule is COc1ccc(-c2ccc3ccc[nH]c2-3)cc1. The summed E-state index contributed by atoms with van der Waals surface area (Å²) in [7, 11) is 1.68. The number of benzene rings is 1. The van der Waals surface area contributed by atoms with Gasteiger partial charge in [-0.05, 0) is 29.3 Å². The van der Waals surface area contributed by atoms with Crippen LogP contribution in [0.4, 0.5) is 0 Å². The molecule has 0 unspecified atom stereocenters. The van der Waals surface area contributed by atoms with Crippen LogP contribution in [0.3, 0.4) is 0 Å². The number of aromatic amines is 1. The van der Waals surface area contributed by atoms with Gasteiger partial charge in [0.15, 0.2) is 0 Å². The predicted octanol–water partition coefficient (Wildman–Crippen LogP) is 3.80. The van der Waals surface area contributed by atoms with E-state index in [9.17, 15) is 0 Å². The Bertz CT molecular complexity index is 595. The summed E-state index contributed by atoms with van der Waals surface area (Å²) < 4.78 is 5.17. The zero-order chi connectivity index (χ0) is 11.7. The van der Waals surface area contributed by atoms with E-state index in [1.807, 2.05) is 24.4 Å². The molecule has 84 valence electrons. The highest BCUT2D eigenvalue weighted by Crippen LogP contribution is 2.34. The maximum atomic E-state index is 5.17. The van der Waals surface area contributed by atoms with Crippen LogP contribution in [0.5, 0.6) is 5.75 Å². The lowest BCUT2D eigenvalue weighted by Gasteiger charge is -2.05. The maximum absolute atomic E-state index is 5.17. The molecule has 1 aliphatic carbocycles. The highest BCUT2D eigenvalue weighted by atomic mass is 16.5. The molecule has 2 aliphatic rings. The van der Waals surface area contributed by atoms with Crippen LogP contribution in [0.1, 0.15) is 0 Å². The second kappa shape index (κ2) is 3.98. The first-order valence-electron chi connectivity index (χ1n) is 5.59. The summed E-state index contributed by atoms with van der Waals surface area (Å²) in [6.45, 7) is 0. The Hall–Kier alpha value is -2.22. The largest absolute Gasteiger partial charge is 0.497 e. The quantitative estimate of drug-likeness (QED) is 0.702. The maximum Gasteiger partial charge on any atom is 0.118 e. The molecule has 0 spiro atoms. The fourth-order valence-electron chi connectivity index (χ4n) is 2.09. The van der Waals surface area contributed by atoms with Gasteiger partial charge in [-0.25, -0.2) is 0 Å². The number of hydrogen-bond donors (Lipinski definition) is 1. The van der Waals surface area contributed by atoms with Gasteiger partial charge in [0.05, 0.1) is 12.8 Å². The number of methoxy groups -OCH3 is 1. The van der Waals surface area contributed by atoms with Gasteiger partial charge in [-0.1, -0.05) is 30.3 Å². The lowest BCUT2D eigenvalue weighted by molar-refractivity contribution is 0.415. The van der Waals surface area contributed by atoms with Gasteiger partial charge in [-0.2, -0.15) is 0 Å². The monoisotopic (exact) mass is 223 g/mol. The minimum atomic E-state index is 0.883. The summed E-state index contributed by atoms with van der Waals surface area (Å²) in [6, 6.07) is 16.5. The van der Waals surface area contributed by atoms with Crippen LogP contribution in [-0.2, 0) is 0 Å². The number of fused-ring (bicyclic) bond motifs is 1. The molecule has 1 heterocycles. The number of ether oxygens (including phenoxy) is 1. The van der Waals surface area contributed by atoms with Crippen molar-refractivity contribution in [2.75, 3.05) is 7.11 Å². The van der Waals surface area contributed by atoms with Crippen molar-refractivity contribution in [2.45, 2.75) is 0 Å². The van der Waals surface area contributed by atoms with Crippen molar-refractivity contribution in [3.8, 4) is 28.1 Å². The molecule has 0 fully saturated rings. The van der Waals surface area contributed by atoms with Crippen LogP contribution in [0.15, 0.2) is 54.7 Å². The van der Waals surface area contributed by atoms with Crippen molar-refractivity contribution in [1.29, 1.82) is 0 Å². The molecule has 1 N–H and O–H groups in total. The van der Waals surface area contributed by atoms with Crippen LogP contribution >= 0.6 is 0 Å². The molecule has 2 heteroatoms. The van der Waals surface area contributed by atoms with Crippen molar-refractivity contribution in [2.24, 2.45) is 0 Å². The Morgan fingerprint density at radius 1 is 0.882 bits per heavy atom. The minimum Gasteiger partial charge on any atom is -0.497 e. The first-order valence-corrected chi connectivity index (χ1v) is 5.59. The standard InChI is InChI=1S/C15H13NO/c1-17-13-7-4-11(5-8-13)14-9-6-12-3-2-10-16-15(12)14/h2-10,16H,1H3. The Balaban J connectivity index is 2.09. The topological polar surface area (TPSA) is 25.0 Å². The Morgan fingerprint density at radius 2 is 1.65 bits per heavy atom. The lowest BCUT2D eigenvalue weighted by Crippen LogP contribution is -1.84. The molecule has 1 aromatic rings. The molecular weight excluding hydrogens is 210 g/mol. The third-order valence-corrected chi connectivity index (χ3v) is 2.99. The van der Waals surface area contributed by atoms with Gasteiger partial charge in [-0.15, -0.1) is 0 Å². The molecule has 0 atom stereocenters. The van der Waals surface area contributed by atoms with Crippen LogP contribution in [0, 0.1) is 0 Å². The molecule has 1 aliphatic heterocycles. The average Bonchev–Trinajstić information content (AvgIpc) is 2.83. The number of aromatic nitrogens is 1. The smallest absolute Gasteiger partial charge is 0.118 e. The molecule has 0 saturated carbocycles. The van der Waals surface area contributed by atoms with E-state index >= 15 is 0 Å². The summed E-state index contributed by atoms with van der Waals surface area (Å²) in [5.41, 5.74) is 4.84. The Kier molecular flexibility index (Phi) is 2.33. The van der Waals surface area contributed by atoms with Crippen LogP contribution < -0.4 is 4.74 Å². The van der Waals surface area contributed by atoms with E-state index in [4.69, 9.17) is 4.74 Å². The van der Waals surface area contributed by atoms with Crippen molar-refractivity contribution in [3.05, 3.63) is 54.7 Å². The summed E-state index contributed by atoms with van der Waals surface area (Å²) in [5.74, 6) is 0.883. The van der Waals surface area contributed by atoms with Crippen molar-refractivity contribution in [3.63, 3.8) is 0 Å². The first kappa shape index (κ1) is 9.97. The third kappa shape index (κ3) is 1.68. The molecule has 3 rings (SSSR count). The van der Waals surface area contributed by atoms with Crippen molar-refractivity contribution in [1.82, 2.24) is 4.98 Å². The zero-order valence-corrected chi connectivity index (χ0v) is 9.60. The van der Waals surface area contributed by atoms with E-state index in [-0.39, 0.29) is 0 Å². The zero-order valence-electron chi connectivity index (χ0n) is 9.60. The number of hydrogen-bond acceptors (Lipinski definition) is 1. The molecule has 1 aromatic carbocycles. The molecule has 0 aromatic heterocycles. The van der Waals surface area contributed by atoms with Crippen molar-refractivity contribution >= 4 is 0 Å². The molecular formula is C15H13NO. The molecule has 17 heavy (non-hydrogen) atoms. The van der Waals surface area contributed by atoms with Gasteiger partial charge in [0.25, 0.3) is 0 Å². The van der Waals surface area contributed by atoms with Gasteiger partial charge in [0, 0.05) is 11.8 Å². The summed E-state index contributed by atoms with van der Waals surface area (Å²) in [4.78, 5) is 3.30. The van der Waals surface area contributed by atoms with E-state index in [0.717, 1.165) is 5.75 Å². The van der Waals surface area contributed by atoms with E-state index in [1.165, 1.54) is 22.4 Å².